The molecule has 0 amide bonds. The predicted octanol–water partition coefficient (Wildman–Crippen LogP) is 1.67. The van der Waals surface area contributed by atoms with Crippen molar-refractivity contribution in [1.82, 2.24) is 9.97 Å². The Balaban J connectivity index is 2.90. The van der Waals surface area contributed by atoms with Crippen molar-refractivity contribution in [3.05, 3.63) is 11.9 Å². The maximum absolute atomic E-state index is 12.5. The summed E-state index contributed by atoms with van der Waals surface area (Å²) in [5, 5.41) is 12.0. The number of aliphatic hydroxyl groups excluding tert-OH is 1. The number of hydrogen-bond donors (Lipinski definition) is 2. The highest BCUT2D eigenvalue weighted by Gasteiger charge is 2.15. The van der Waals surface area contributed by atoms with Crippen LogP contribution in [-0.2, 0) is 0 Å². The number of alkyl halides is 2. The van der Waals surface area contributed by atoms with Crippen LogP contribution in [0.3, 0.4) is 0 Å². The van der Waals surface area contributed by atoms with Crippen molar-refractivity contribution in [2.24, 2.45) is 0 Å². The van der Waals surface area contributed by atoms with E-state index in [1.807, 2.05) is 6.92 Å². The van der Waals surface area contributed by atoms with Crippen molar-refractivity contribution in [1.29, 1.82) is 0 Å². The molecule has 0 atom stereocenters. The number of aromatic nitrogens is 2. The molecule has 1 rings (SSSR count). The molecule has 5 nitrogen and oxygen atoms in total. The van der Waals surface area contributed by atoms with Gasteiger partial charge in [-0.1, -0.05) is 6.92 Å². The predicted molar refractivity (Wildman–Crippen MR) is 70.9 cm³/mol. The maximum atomic E-state index is 12.5. The summed E-state index contributed by atoms with van der Waals surface area (Å²) in [5.41, 5.74) is 0. The first-order chi connectivity index (χ1) is 9.06. The van der Waals surface area contributed by atoms with E-state index in [1.54, 1.807) is 13.0 Å². The van der Waals surface area contributed by atoms with E-state index in [1.165, 1.54) is 4.90 Å². The van der Waals surface area contributed by atoms with Crippen molar-refractivity contribution in [3.63, 3.8) is 0 Å². The molecule has 0 aliphatic heterocycles. The molecule has 108 valence electrons. The highest BCUT2D eigenvalue weighted by molar-refractivity contribution is 5.49. The summed E-state index contributed by atoms with van der Waals surface area (Å²) >= 11 is 0. The Morgan fingerprint density at radius 1 is 1.42 bits per heavy atom. The molecular formula is C12H20F2N4O. The molecule has 0 spiro atoms. The van der Waals surface area contributed by atoms with Crippen LogP contribution in [0.15, 0.2) is 6.07 Å². The summed E-state index contributed by atoms with van der Waals surface area (Å²) in [7, 11) is 0. The third-order valence-corrected chi connectivity index (χ3v) is 2.43. The molecule has 0 saturated heterocycles. The first-order valence-electron chi connectivity index (χ1n) is 6.30. The van der Waals surface area contributed by atoms with Gasteiger partial charge in [0.25, 0.3) is 6.43 Å². The zero-order valence-corrected chi connectivity index (χ0v) is 11.2. The Labute approximate surface area is 111 Å². The second kappa shape index (κ2) is 7.83. The molecule has 0 aliphatic carbocycles. The summed E-state index contributed by atoms with van der Waals surface area (Å²) in [6.45, 7) is 3.95. The smallest absolute Gasteiger partial charge is 0.255 e. The van der Waals surface area contributed by atoms with Crippen LogP contribution in [0.2, 0.25) is 0 Å². The molecule has 1 aromatic rings. The lowest BCUT2D eigenvalue weighted by Gasteiger charge is -2.23. The lowest BCUT2D eigenvalue weighted by atomic mass is 10.4. The van der Waals surface area contributed by atoms with Gasteiger partial charge in [-0.25, -0.2) is 18.7 Å². The molecule has 7 heteroatoms. The van der Waals surface area contributed by atoms with Gasteiger partial charge in [-0.05, 0) is 13.3 Å². The van der Waals surface area contributed by atoms with Gasteiger partial charge in [0.2, 0.25) is 0 Å². The van der Waals surface area contributed by atoms with Gasteiger partial charge in [-0.15, -0.1) is 0 Å². The molecule has 0 aromatic carbocycles. The highest BCUT2D eigenvalue weighted by Crippen LogP contribution is 2.17. The molecule has 0 fully saturated rings. The molecular weight excluding hydrogens is 254 g/mol. The SMILES string of the molecule is CCCNc1cc(N(CCO)CC(F)F)nc(C)n1. The number of aliphatic hydroxyl groups is 1. The Bertz CT molecular complexity index is 390. The zero-order chi connectivity index (χ0) is 14.3. The third-order valence-electron chi connectivity index (χ3n) is 2.43. The van der Waals surface area contributed by atoms with Crippen molar-refractivity contribution >= 4 is 11.6 Å². The molecule has 1 heterocycles. The fourth-order valence-electron chi connectivity index (χ4n) is 1.64. The van der Waals surface area contributed by atoms with Gasteiger partial charge in [-0.2, -0.15) is 0 Å². The van der Waals surface area contributed by atoms with E-state index >= 15 is 0 Å². The minimum atomic E-state index is -2.48. The number of rotatable bonds is 8. The van der Waals surface area contributed by atoms with Gasteiger partial charge in [0.05, 0.1) is 13.2 Å². The van der Waals surface area contributed by atoms with Gasteiger partial charge in [-0.3, -0.25) is 0 Å². The Hall–Kier alpha value is -1.50. The average molecular weight is 274 g/mol. The van der Waals surface area contributed by atoms with Gasteiger partial charge in [0.15, 0.2) is 0 Å². The maximum Gasteiger partial charge on any atom is 0.255 e. The largest absolute Gasteiger partial charge is 0.395 e. The van der Waals surface area contributed by atoms with E-state index in [0.717, 1.165) is 13.0 Å². The first-order valence-corrected chi connectivity index (χ1v) is 6.30. The van der Waals surface area contributed by atoms with Gasteiger partial charge in [0, 0.05) is 19.2 Å². The lowest BCUT2D eigenvalue weighted by Crippen LogP contribution is -2.32. The first kappa shape index (κ1) is 15.6. The fraction of sp³-hybridized carbons (Fsp3) is 0.667. The topological polar surface area (TPSA) is 61.3 Å². The van der Waals surface area contributed by atoms with E-state index in [-0.39, 0.29) is 13.2 Å². The number of nitrogens with one attached hydrogen (secondary N) is 1. The molecule has 0 unspecified atom stereocenters. The monoisotopic (exact) mass is 274 g/mol. The minimum Gasteiger partial charge on any atom is -0.395 e. The van der Waals surface area contributed by atoms with E-state index in [2.05, 4.69) is 15.3 Å². The highest BCUT2D eigenvalue weighted by atomic mass is 19.3. The van der Waals surface area contributed by atoms with Crippen LogP contribution in [0.1, 0.15) is 19.2 Å². The zero-order valence-electron chi connectivity index (χ0n) is 11.2. The Morgan fingerprint density at radius 2 is 2.16 bits per heavy atom. The summed E-state index contributed by atoms with van der Waals surface area (Å²) in [6, 6.07) is 1.63. The minimum absolute atomic E-state index is 0.119. The van der Waals surface area contributed by atoms with Gasteiger partial charge >= 0.3 is 0 Å². The van der Waals surface area contributed by atoms with E-state index in [4.69, 9.17) is 5.11 Å². The molecule has 1 aromatic heterocycles. The summed E-state index contributed by atoms with van der Waals surface area (Å²) < 4.78 is 25.0. The normalized spacial score (nSPS) is 10.8. The van der Waals surface area contributed by atoms with E-state index in [9.17, 15) is 8.78 Å². The summed E-state index contributed by atoms with van der Waals surface area (Å²) in [6.07, 6.45) is -1.54. The standard InChI is InChI=1S/C12H20F2N4O/c1-3-4-15-11-7-12(17-9(2)16-11)18(5-6-19)8-10(13)14/h7,10,19H,3-6,8H2,1-2H3,(H,15,16,17). The molecule has 19 heavy (non-hydrogen) atoms. The van der Waals surface area contributed by atoms with Crippen LogP contribution in [0, 0.1) is 6.92 Å². The van der Waals surface area contributed by atoms with Crippen molar-refractivity contribution in [2.75, 3.05) is 36.5 Å². The second-order valence-corrected chi connectivity index (χ2v) is 4.15. The fourth-order valence-corrected chi connectivity index (χ4v) is 1.64. The van der Waals surface area contributed by atoms with Gasteiger partial charge in [0.1, 0.15) is 17.5 Å². The van der Waals surface area contributed by atoms with Gasteiger partial charge < -0.3 is 15.3 Å². The number of anilines is 2. The second-order valence-electron chi connectivity index (χ2n) is 4.15. The lowest BCUT2D eigenvalue weighted by molar-refractivity contribution is 0.152. The number of nitrogens with zero attached hydrogens (tertiary/aromatic N) is 3. The molecule has 2 N–H and O–H groups in total. The van der Waals surface area contributed by atoms with E-state index in [0.29, 0.717) is 17.5 Å². The van der Waals surface area contributed by atoms with Crippen LogP contribution in [0.25, 0.3) is 0 Å². The van der Waals surface area contributed by atoms with Crippen molar-refractivity contribution in [2.45, 2.75) is 26.7 Å². The number of halogens is 2. The van der Waals surface area contributed by atoms with Crippen LogP contribution < -0.4 is 10.2 Å². The van der Waals surface area contributed by atoms with Crippen molar-refractivity contribution in [3.8, 4) is 0 Å². The van der Waals surface area contributed by atoms with Crippen LogP contribution in [0.5, 0.6) is 0 Å². The van der Waals surface area contributed by atoms with Crippen LogP contribution >= 0.6 is 0 Å². The molecule has 0 aliphatic rings. The number of aryl methyl sites for hydroxylation is 1. The third kappa shape index (κ3) is 5.34. The molecule has 0 bridgehead atoms. The van der Waals surface area contributed by atoms with E-state index < -0.39 is 13.0 Å². The molecule has 0 saturated carbocycles. The summed E-state index contributed by atoms with van der Waals surface area (Å²) in [5.74, 6) is 1.52. The Morgan fingerprint density at radius 3 is 2.74 bits per heavy atom. The van der Waals surface area contributed by atoms with Crippen LogP contribution in [-0.4, -0.2) is 47.7 Å². The molecule has 0 radical (unpaired) electrons. The summed E-state index contributed by atoms with van der Waals surface area (Å²) in [4.78, 5) is 9.70. The quantitative estimate of drug-likeness (QED) is 0.755. The average Bonchev–Trinajstić information content (AvgIpc) is 2.34. The number of hydrogen-bond acceptors (Lipinski definition) is 5. The Kier molecular flexibility index (Phi) is 6.41. The van der Waals surface area contributed by atoms with Crippen LogP contribution in [0.4, 0.5) is 20.4 Å². The van der Waals surface area contributed by atoms with Crippen molar-refractivity contribution < 1.29 is 13.9 Å².